The second-order valence-electron chi connectivity index (χ2n) is 5.92. The molecule has 2 atom stereocenters. The van der Waals surface area contributed by atoms with E-state index in [1.54, 1.807) is 24.2 Å². The van der Waals surface area contributed by atoms with Gasteiger partial charge in [-0.2, -0.15) is 0 Å². The van der Waals surface area contributed by atoms with Crippen LogP contribution >= 0.6 is 11.8 Å². The highest BCUT2D eigenvalue weighted by Gasteiger charge is 2.35. The summed E-state index contributed by atoms with van der Waals surface area (Å²) in [6, 6.07) is 0.592. The molecule has 1 aromatic rings. The molecule has 1 aromatic heterocycles. The molecule has 4 heteroatoms. The molecule has 2 rings (SSSR count). The molecule has 0 aromatic carbocycles. The Morgan fingerprint density at radius 3 is 3.06 bits per heavy atom. The van der Waals surface area contributed by atoms with Gasteiger partial charge < -0.3 is 9.73 Å². The quantitative estimate of drug-likeness (QED) is 0.883. The first-order valence-electron chi connectivity index (χ1n) is 6.90. The molecule has 1 saturated carbocycles. The Morgan fingerprint density at radius 2 is 2.39 bits per heavy atom. The molecule has 1 aliphatic rings. The molecule has 1 N–H and O–H groups in total. The minimum atomic E-state index is 0.439. The maximum atomic E-state index is 5.38. The number of aromatic nitrogens is 1. The summed E-state index contributed by atoms with van der Waals surface area (Å²) in [6.07, 6.45) is 8.36. The Labute approximate surface area is 114 Å². The lowest BCUT2D eigenvalue weighted by Crippen LogP contribution is -2.45. The highest BCUT2D eigenvalue weighted by Crippen LogP contribution is 2.42. The van der Waals surface area contributed by atoms with Crippen LogP contribution in [0.1, 0.15) is 46.5 Å². The van der Waals surface area contributed by atoms with E-state index in [0.717, 1.165) is 11.8 Å². The van der Waals surface area contributed by atoms with Gasteiger partial charge in [-0.25, -0.2) is 4.98 Å². The van der Waals surface area contributed by atoms with Crippen molar-refractivity contribution in [1.82, 2.24) is 10.3 Å². The highest BCUT2D eigenvalue weighted by atomic mass is 32.2. The standard InChI is InChI=1S/C14H24N2OS/c1-4-7-15-11-5-6-14(2,3)10-12(11)18-13-16-8-9-17-13/h8-9,11-12,15H,4-7,10H2,1-3H3. The highest BCUT2D eigenvalue weighted by molar-refractivity contribution is 7.99. The average Bonchev–Trinajstić information content (AvgIpc) is 2.80. The Morgan fingerprint density at radius 1 is 1.56 bits per heavy atom. The molecule has 18 heavy (non-hydrogen) atoms. The van der Waals surface area contributed by atoms with Crippen LogP contribution in [-0.4, -0.2) is 22.8 Å². The third-order valence-corrected chi connectivity index (χ3v) is 4.85. The number of oxazole rings is 1. The zero-order chi connectivity index (χ0) is 13.0. The summed E-state index contributed by atoms with van der Waals surface area (Å²) in [7, 11) is 0. The number of rotatable bonds is 5. The fourth-order valence-electron chi connectivity index (χ4n) is 2.61. The van der Waals surface area contributed by atoms with Crippen LogP contribution < -0.4 is 5.32 Å². The average molecular weight is 268 g/mol. The Hall–Kier alpha value is -0.480. The zero-order valence-electron chi connectivity index (χ0n) is 11.6. The van der Waals surface area contributed by atoms with Crippen LogP contribution in [0.4, 0.5) is 0 Å². The van der Waals surface area contributed by atoms with Crippen molar-refractivity contribution in [3.8, 4) is 0 Å². The lowest BCUT2D eigenvalue weighted by atomic mass is 9.75. The van der Waals surface area contributed by atoms with Crippen molar-refractivity contribution in [1.29, 1.82) is 0 Å². The maximum absolute atomic E-state index is 5.38. The third-order valence-electron chi connectivity index (χ3n) is 3.65. The van der Waals surface area contributed by atoms with Crippen molar-refractivity contribution in [3.63, 3.8) is 0 Å². The largest absolute Gasteiger partial charge is 0.440 e. The van der Waals surface area contributed by atoms with Crippen molar-refractivity contribution < 1.29 is 4.42 Å². The van der Waals surface area contributed by atoms with Gasteiger partial charge in [0.1, 0.15) is 6.26 Å². The second-order valence-corrected chi connectivity index (χ2v) is 7.11. The van der Waals surface area contributed by atoms with Crippen LogP contribution in [0.3, 0.4) is 0 Å². The smallest absolute Gasteiger partial charge is 0.255 e. The van der Waals surface area contributed by atoms with Crippen LogP contribution in [0.15, 0.2) is 22.1 Å². The maximum Gasteiger partial charge on any atom is 0.255 e. The first-order chi connectivity index (χ1) is 8.61. The van der Waals surface area contributed by atoms with Crippen molar-refractivity contribution in [2.45, 2.75) is 63.0 Å². The third kappa shape index (κ3) is 3.75. The SMILES string of the molecule is CCCNC1CCC(C)(C)CC1Sc1ncco1. The Kier molecular flexibility index (Phi) is 4.73. The van der Waals surface area contributed by atoms with E-state index in [1.807, 2.05) is 0 Å². The van der Waals surface area contributed by atoms with Gasteiger partial charge in [-0.3, -0.25) is 0 Å². The zero-order valence-corrected chi connectivity index (χ0v) is 12.4. The van der Waals surface area contributed by atoms with E-state index in [9.17, 15) is 0 Å². The molecular weight excluding hydrogens is 244 g/mol. The molecular formula is C14H24N2OS. The molecule has 1 aliphatic carbocycles. The predicted octanol–water partition coefficient (Wildman–Crippen LogP) is 3.71. The molecule has 0 saturated heterocycles. The predicted molar refractivity (Wildman–Crippen MR) is 75.9 cm³/mol. The van der Waals surface area contributed by atoms with E-state index in [0.29, 0.717) is 16.7 Å². The topological polar surface area (TPSA) is 38.1 Å². The molecule has 0 bridgehead atoms. The van der Waals surface area contributed by atoms with Crippen LogP contribution in [0.5, 0.6) is 0 Å². The molecule has 1 fully saturated rings. The van der Waals surface area contributed by atoms with Crippen molar-refractivity contribution in [2.75, 3.05) is 6.54 Å². The summed E-state index contributed by atoms with van der Waals surface area (Å²) in [5.41, 5.74) is 0.439. The number of nitrogens with zero attached hydrogens (tertiary/aromatic N) is 1. The molecule has 1 heterocycles. The van der Waals surface area contributed by atoms with E-state index >= 15 is 0 Å². The molecule has 0 amide bonds. The number of nitrogens with one attached hydrogen (secondary N) is 1. The first kappa shape index (κ1) is 13.9. The molecule has 3 nitrogen and oxygen atoms in total. The normalized spacial score (nSPS) is 27.3. The molecule has 0 aliphatic heterocycles. The van der Waals surface area contributed by atoms with Gasteiger partial charge in [-0.1, -0.05) is 32.5 Å². The number of hydrogen-bond acceptors (Lipinski definition) is 4. The van der Waals surface area contributed by atoms with Crippen LogP contribution in [0, 0.1) is 5.41 Å². The van der Waals surface area contributed by atoms with Crippen LogP contribution in [0.25, 0.3) is 0 Å². The van der Waals surface area contributed by atoms with E-state index < -0.39 is 0 Å². The molecule has 2 unspecified atom stereocenters. The summed E-state index contributed by atoms with van der Waals surface area (Å²) < 4.78 is 5.38. The summed E-state index contributed by atoms with van der Waals surface area (Å²) >= 11 is 1.79. The van der Waals surface area contributed by atoms with Crippen molar-refractivity contribution >= 4 is 11.8 Å². The summed E-state index contributed by atoms with van der Waals surface area (Å²) in [4.78, 5) is 4.24. The van der Waals surface area contributed by atoms with E-state index in [4.69, 9.17) is 4.42 Å². The van der Waals surface area contributed by atoms with E-state index in [2.05, 4.69) is 31.1 Å². The van der Waals surface area contributed by atoms with Gasteiger partial charge in [0, 0.05) is 11.3 Å². The number of hydrogen-bond donors (Lipinski definition) is 1. The van der Waals surface area contributed by atoms with E-state index in [1.165, 1.54) is 25.7 Å². The summed E-state index contributed by atoms with van der Waals surface area (Å²) in [5.74, 6) is 0. The van der Waals surface area contributed by atoms with Gasteiger partial charge in [-0.15, -0.1) is 0 Å². The Balaban J connectivity index is 1.99. The number of thioether (sulfide) groups is 1. The fraction of sp³-hybridized carbons (Fsp3) is 0.786. The minimum Gasteiger partial charge on any atom is -0.440 e. The van der Waals surface area contributed by atoms with Gasteiger partial charge >= 0.3 is 0 Å². The van der Waals surface area contributed by atoms with Crippen molar-refractivity contribution in [2.24, 2.45) is 5.41 Å². The van der Waals surface area contributed by atoms with Gasteiger partial charge in [0.05, 0.1) is 6.20 Å². The second kappa shape index (κ2) is 6.11. The molecule has 102 valence electrons. The fourth-order valence-corrected chi connectivity index (χ4v) is 4.03. The van der Waals surface area contributed by atoms with Crippen molar-refractivity contribution in [3.05, 3.63) is 12.5 Å². The van der Waals surface area contributed by atoms with Gasteiger partial charge in [0.25, 0.3) is 5.22 Å². The minimum absolute atomic E-state index is 0.439. The Bertz CT molecular complexity index is 351. The van der Waals surface area contributed by atoms with Gasteiger partial charge in [0.2, 0.25) is 0 Å². The summed E-state index contributed by atoms with van der Waals surface area (Å²) in [5, 5.41) is 5.06. The van der Waals surface area contributed by atoms with E-state index in [-0.39, 0.29) is 0 Å². The molecule has 0 spiro atoms. The first-order valence-corrected chi connectivity index (χ1v) is 7.78. The van der Waals surface area contributed by atoms with Gasteiger partial charge in [0.15, 0.2) is 0 Å². The van der Waals surface area contributed by atoms with Crippen LogP contribution in [0.2, 0.25) is 0 Å². The molecule has 0 radical (unpaired) electrons. The van der Waals surface area contributed by atoms with Gasteiger partial charge in [-0.05, 0) is 37.6 Å². The lowest BCUT2D eigenvalue weighted by molar-refractivity contribution is 0.213. The lowest BCUT2D eigenvalue weighted by Gasteiger charge is -2.40. The van der Waals surface area contributed by atoms with Crippen LogP contribution in [-0.2, 0) is 0 Å². The summed E-state index contributed by atoms with van der Waals surface area (Å²) in [6.45, 7) is 8.06. The monoisotopic (exact) mass is 268 g/mol.